The molecule has 0 saturated carbocycles. The van der Waals surface area contributed by atoms with Gasteiger partial charge in [0.2, 0.25) is 10.0 Å². The monoisotopic (exact) mass is 336 g/mol. The van der Waals surface area contributed by atoms with E-state index in [-0.39, 0.29) is 12.2 Å². The first kappa shape index (κ1) is 14.9. The zero-order valence-electron chi connectivity index (χ0n) is 9.94. The lowest BCUT2D eigenvalue weighted by atomic mass is 10.3. The summed E-state index contributed by atoms with van der Waals surface area (Å²) < 4.78 is 30.8. The summed E-state index contributed by atoms with van der Waals surface area (Å²) in [5, 5.41) is 0. The van der Waals surface area contributed by atoms with E-state index in [9.17, 15) is 13.2 Å². The Balaban J connectivity index is 2.73. The van der Waals surface area contributed by atoms with Crippen LogP contribution in [-0.4, -0.2) is 32.2 Å². The molecule has 6 nitrogen and oxygen atoms in total. The molecule has 0 aliphatic heterocycles. The molecule has 0 saturated heterocycles. The molecule has 0 amide bonds. The van der Waals surface area contributed by atoms with Gasteiger partial charge in [0.05, 0.1) is 30.7 Å². The third-order valence-corrected chi connectivity index (χ3v) is 3.83. The van der Waals surface area contributed by atoms with Crippen LogP contribution in [0.3, 0.4) is 0 Å². The lowest BCUT2D eigenvalue weighted by Crippen LogP contribution is -2.20. The first-order chi connectivity index (χ1) is 8.34. The number of rotatable bonds is 5. The van der Waals surface area contributed by atoms with Gasteiger partial charge in [-0.05, 0) is 35.0 Å². The minimum Gasteiger partial charge on any atom is -0.469 e. The molecule has 1 rings (SSSR count). The van der Waals surface area contributed by atoms with Gasteiger partial charge in [-0.15, -0.1) is 0 Å². The quantitative estimate of drug-likeness (QED) is 0.649. The average molecular weight is 337 g/mol. The molecule has 0 unspecified atom stereocenters. The predicted octanol–water partition coefficient (Wildman–Crippen LogP) is 1.46. The zero-order chi connectivity index (χ0) is 13.8. The minimum absolute atomic E-state index is 0.186. The molecule has 0 atom stereocenters. The van der Waals surface area contributed by atoms with Crippen LogP contribution < -0.4 is 4.72 Å². The lowest BCUT2D eigenvalue weighted by Gasteiger charge is -2.09. The normalized spacial score (nSPS) is 11.1. The maximum absolute atomic E-state index is 11.7. The van der Waals surface area contributed by atoms with Crippen LogP contribution in [0.25, 0.3) is 0 Å². The van der Waals surface area contributed by atoms with Gasteiger partial charge in [-0.1, -0.05) is 0 Å². The molecule has 0 aliphatic rings. The summed E-state index contributed by atoms with van der Waals surface area (Å²) in [5.41, 5.74) is 0.939. The fourth-order valence-corrected chi connectivity index (χ4v) is 2.66. The van der Waals surface area contributed by atoms with E-state index in [0.717, 1.165) is 0 Å². The van der Waals surface area contributed by atoms with Crippen LogP contribution >= 0.6 is 15.9 Å². The summed E-state index contributed by atoms with van der Waals surface area (Å²) in [7, 11) is -2.37. The third-order valence-electron chi connectivity index (χ3n) is 2.12. The Bertz CT molecular complexity index is 545. The molecule has 1 aromatic rings. The largest absolute Gasteiger partial charge is 0.469 e. The number of anilines is 1. The summed E-state index contributed by atoms with van der Waals surface area (Å²) in [6.07, 6.45) is -0.186. The van der Waals surface area contributed by atoms with Crippen LogP contribution in [0, 0.1) is 6.92 Å². The number of carbonyl (C=O) groups excluding carboxylic acids is 1. The second-order valence-corrected chi connectivity index (χ2v) is 6.17. The number of nitrogens with one attached hydrogen (secondary N) is 1. The van der Waals surface area contributed by atoms with Gasteiger partial charge < -0.3 is 4.74 Å². The van der Waals surface area contributed by atoms with Crippen LogP contribution in [0.5, 0.6) is 0 Å². The van der Waals surface area contributed by atoms with Gasteiger partial charge in [0.1, 0.15) is 4.60 Å². The standard InChI is InChI=1S/C10H13BrN2O4S/c1-7-8(3-4-9(11)12-7)13-18(15,16)6-5-10(14)17-2/h3-4,13H,5-6H2,1-2H3. The fourth-order valence-electron chi connectivity index (χ4n) is 1.18. The Morgan fingerprint density at radius 2 is 2.17 bits per heavy atom. The van der Waals surface area contributed by atoms with Crippen molar-refractivity contribution < 1.29 is 17.9 Å². The van der Waals surface area contributed by atoms with Crippen LogP contribution in [0.15, 0.2) is 16.7 Å². The number of aromatic nitrogens is 1. The second-order valence-electron chi connectivity index (χ2n) is 3.51. The van der Waals surface area contributed by atoms with Crippen molar-refractivity contribution in [3.63, 3.8) is 0 Å². The fraction of sp³-hybridized carbons (Fsp3) is 0.400. The van der Waals surface area contributed by atoms with Crippen LogP contribution in [-0.2, 0) is 19.6 Å². The van der Waals surface area contributed by atoms with Gasteiger partial charge in [0, 0.05) is 0 Å². The van der Waals surface area contributed by atoms with Gasteiger partial charge in [0.25, 0.3) is 0 Å². The van der Waals surface area contributed by atoms with E-state index in [2.05, 4.69) is 30.4 Å². The summed E-state index contributed by atoms with van der Waals surface area (Å²) in [6, 6.07) is 3.23. The Kier molecular flexibility index (Phi) is 5.09. The minimum atomic E-state index is -3.58. The number of halogens is 1. The van der Waals surface area contributed by atoms with E-state index < -0.39 is 16.0 Å². The number of ether oxygens (including phenoxy) is 1. The van der Waals surface area contributed by atoms with Crippen molar-refractivity contribution in [1.82, 2.24) is 4.98 Å². The highest BCUT2D eigenvalue weighted by molar-refractivity contribution is 9.10. The van der Waals surface area contributed by atoms with Crippen LogP contribution in [0.2, 0.25) is 0 Å². The number of carbonyl (C=O) groups is 1. The van der Waals surface area contributed by atoms with E-state index in [1.807, 2.05) is 0 Å². The van der Waals surface area contributed by atoms with Crippen molar-refractivity contribution in [2.45, 2.75) is 13.3 Å². The molecule has 0 aromatic carbocycles. The molecule has 0 spiro atoms. The van der Waals surface area contributed by atoms with Gasteiger partial charge in [-0.3, -0.25) is 9.52 Å². The highest BCUT2D eigenvalue weighted by atomic mass is 79.9. The average Bonchev–Trinajstić information content (AvgIpc) is 2.30. The third kappa shape index (κ3) is 4.61. The van der Waals surface area contributed by atoms with Gasteiger partial charge in [-0.25, -0.2) is 13.4 Å². The maximum atomic E-state index is 11.7. The smallest absolute Gasteiger partial charge is 0.306 e. The van der Waals surface area contributed by atoms with E-state index in [4.69, 9.17) is 0 Å². The molecule has 0 aliphatic carbocycles. The predicted molar refractivity (Wildman–Crippen MR) is 70.7 cm³/mol. The van der Waals surface area contributed by atoms with Crippen molar-refractivity contribution in [3.8, 4) is 0 Å². The second kappa shape index (κ2) is 6.14. The number of esters is 1. The Morgan fingerprint density at radius 3 is 2.72 bits per heavy atom. The lowest BCUT2D eigenvalue weighted by molar-refractivity contribution is -0.140. The topological polar surface area (TPSA) is 85.4 Å². The molecule has 1 aromatic heterocycles. The first-order valence-corrected chi connectivity index (χ1v) is 7.49. The van der Waals surface area contributed by atoms with Crippen molar-refractivity contribution in [2.75, 3.05) is 17.6 Å². The van der Waals surface area contributed by atoms with E-state index >= 15 is 0 Å². The van der Waals surface area contributed by atoms with E-state index in [1.165, 1.54) is 7.11 Å². The molecule has 1 N–H and O–H groups in total. The van der Waals surface area contributed by atoms with Crippen molar-refractivity contribution in [2.24, 2.45) is 0 Å². The molecule has 18 heavy (non-hydrogen) atoms. The summed E-state index contributed by atoms with van der Waals surface area (Å²) in [5.74, 6) is -0.888. The van der Waals surface area contributed by atoms with E-state index in [1.54, 1.807) is 19.1 Å². The molecule has 8 heteroatoms. The number of methoxy groups -OCH3 is 1. The molecular weight excluding hydrogens is 324 g/mol. The highest BCUT2D eigenvalue weighted by Gasteiger charge is 2.15. The SMILES string of the molecule is COC(=O)CCS(=O)(=O)Nc1ccc(Br)nc1C. The Hall–Kier alpha value is -1.15. The number of nitrogens with zero attached hydrogens (tertiary/aromatic N) is 1. The number of hydrogen-bond acceptors (Lipinski definition) is 5. The van der Waals surface area contributed by atoms with Crippen molar-refractivity contribution in [3.05, 3.63) is 22.4 Å². The molecule has 0 fully saturated rings. The van der Waals surface area contributed by atoms with Gasteiger partial charge in [-0.2, -0.15) is 0 Å². The number of hydrogen-bond donors (Lipinski definition) is 1. The Morgan fingerprint density at radius 1 is 1.50 bits per heavy atom. The molecular formula is C10H13BrN2O4S. The van der Waals surface area contributed by atoms with Crippen LogP contribution in [0.4, 0.5) is 5.69 Å². The van der Waals surface area contributed by atoms with Gasteiger partial charge in [0.15, 0.2) is 0 Å². The summed E-state index contributed by atoms with van der Waals surface area (Å²) in [6.45, 7) is 1.68. The number of pyridine rings is 1. The molecule has 0 radical (unpaired) electrons. The molecule has 0 bridgehead atoms. The Labute approximate surface area is 114 Å². The van der Waals surface area contributed by atoms with E-state index in [0.29, 0.717) is 16.0 Å². The van der Waals surface area contributed by atoms with Crippen molar-refractivity contribution >= 4 is 37.6 Å². The van der Waals surface area contributed by atoms with Crippen molar-refractivity contribution in [1.29, 1.82) is 0 Å². The summed E-state index contributed by atoms with van der Waals surface area (Å²) in [4.78, 5) is 15.0. The zero-order valence-corrected chi connectivity index (χ0v) is 12.3. The number of sulfonamides is 1. The summed E-state index contributed by atoms with van der Waals surface area (Å²) >= 11 is 3.19. The highest BCUT2D eigenvalue weighted by Crippen LogP contribution is 2.17. The molecule has 100 valence electrons. The first-order valence-electron chi connectivity index (χ1n) is 5.04. The molecule has 1 heterocycles. The number of aryl methyl sites for hydroxylation is 1. The van der Waals surface area contributed by atoms with Crippen LogP contribution in [0.1, 0.15) is 12.1 Å². The maximum Gasteiger partial charge on any atom is 0.306 e. The van der Waals surface area contributed by atoms with Gasteiger partial charge >= 0.3 is 5.97 Å².